The highest BCUT2D eigenvalue weighted by Gasteiger charge is 2.34. The maximum atomic E-state index is 6.66. The Hall–Kier alpha value is -2.52. The predicted octanol–water partition coefficient (Wildman–Crippen LogP) is 11.4. The normalized spacial score (nSPS) is 14.4. The van der Waals surface area contributed by atoms with Crippen molar-refractivity contribution in [1.29, 1.82) is 0 Å². The third kappa shape index (κ3) is 5.64. The minimum Gasteiger partial charge on any atom is -0.427 e. The highest BCUT2D eigenvalue weighted by Crippen LogP contribution is 2.64. The average Bonchev–Trinajstić information content (AvgIpc) is 3.01. The van der Waals surface area contributed by atoms with Crippen LogP contribution in [0.25, 0.3) is 33.4 Å². The molecule has 41 heavy (non-hydrogen) atoms. The fourth-order valence-electron chi connectivity index (χ4n) is 5.55. The largest absolute Gasteiger partial charge is 0.427 e. The summed E-state index contributed by atoms with van der Waals surface area (Å²) in [6.07, 6.45) is 0. The molecule has 1 heterocycles. The highest BCUT2D eigenvalue weighted by atomic mass is 32.9. The Morgan fingerprint density at radius 3 is 1.20 bits per heavy atom. The Bertz CT molecular complexity index is 1580. The zero-order chi connectivity index (χ0) is 30.1. The van der Waals surface area contributed by atoms with Gasteiger partial charge in [0.05, 0.1) is 0 Å². The number of thiol groups is 1. The Balaban J connectivity index is 1.82. The van der Waals surface area contributed by atoms with Crippen molar-refractivity contribution in [1.82, 2.24) is 0 Å². The maximum Gasteiger partial charge on any atom is 0.345 e. The molecule has 0 unspecified atom stereocenters. The summed E-state index contributed by atoms with van der Waals surface area (Å²) in [5, 5.41) is 0. The molecule has 4 aromatic carbocycles. The molecular formula is C36H41O2PS2. The molecule has 0 amide bonds. The second-order valence-corrected chi connectivity index (χ2v) is 18.6. The molecule has 0 radical (unpaired) electrons. The molecule has 1 aliphatic heterocycles. The van der Waals surface area contributed by atoms with Crippen LogP contribution in [0.2, 0.25) is 0 Å². The predicted molar refractivity (Wildman–Crippen MR) is 184 cm³/mol. The molecule has 0 spiro atoms. The van der Waals surface area contributed by atoms with E-state index in [0.717, 1.165) is 56.0 Å². The van der Waals surface area contributed by atoms with E-state index in [2.05, 4.69) is 130 Å². The average molecular weight is 601 g/mol. The molecule has 214 valence electrons. The molecule has 0 bridgehead atoms. The van der Waals surface area contributed by atoms with Crippen molar-refractivity contribution in [3.05, 3.63) is 94.0 Å². The lowest BCUT2D eigenvalue weighted by Crippen LogP contribution is -2.10. The van der Waals surface area contributed by atoms with Crippen LogP contribution in [0.3, 0.4) is 0 Å². The Labute approximate surface area is 256 Å². The molecule has 0 fully saturated rings. The highest BCUT2D eigenvalue weighted by molar-refractivity contribution is 8.60. The summed E-state index contributed by atoms with van der Waals surface area (Å²) in [7, 11) is 0. The summed E-state index contributed by atoms with van der Waals surface area (Å²) in [5.41, 5.74) is 10.7. The summed E-state index contributed by atoms with van der Waals surface area (Å²) in [6, 6.07) is 22.0. The zero-order valence-electron chi connectivity index (χ0n) is 25.9. The number of hydrogen-bond acceptors (Lipinski definition) is 3. The molecular weight excluding hydrogens is 560 g/mol. The summed E-state index contributed by atoms with van der Waals surface area (Å²) in [6.45, 7) is 22.1. The molecule has 4 aromatic rings. The first-order valence-electron chi connectivity index (χ1n) is 14.2. The topological polar surface area (TPSA) is 18.5 Å². The molecule has 0 aliphatic carbocycles. The molecule has 5 heteroatoms. The quantitative estimate of drug-likeness (QED) is 0.182. The standard InChI is InChI=1S/C36H41O2PS2/c1-21-19-29(25-11-15-27(16-12-25)35(5,6)7)33-31(23(21)3)32-24(4)22(2)20-30(34(32)38-39(40,41)37-33)26-13-17-28(18-14-26)36(8,9)10/h11-20H,1-10H3,(H,40,41). The van der Waals surface area contributed by atoms with Gasteiger partial charge in [0.25, 0.3) is 0 Å². The van der Waals surface area contributed by atoms with E-state index in [-0.39, 0.29) is 10.8 Å². The first-order chi connectivity index (χ1) is 19.0. The first-order valence-corrected chi connectivity index (χ1v) is 18.0. The lowest BCUT2D eigenvalue weighted by molar-refractivity contribution is 0.518. The Morgan fingerprint density at radius 2 is 0.902 bits per heavy atom. The van der Waals surface area contributed by atoms with Crippen molar-refractivity contribution in [2.75, 3.05) is 0 Å². The monoisotopic (exact) mass is 600 g/mol. The van der Waals surface area contributed by atoms with Crippen LogP contribution in [0.1, 0.15) is 74.9 Å². The summed E-state index contributed by atoms with van der Waals surface area (Å²) >= 11 is 10.8. The number of aryl methyl sites for hydroxylation is 2. The van der Waals surface area contributed by atoms with Crippen molar-refractivity contribution in [2.45, 2.75) is 80.1 Å². The van der Waals surface area contributed by atoms with E-state index in [1.54, 1.807) is 0 Å². The van der Waals surface area contributed by atoms with Gasteiger partial charge in [-0.2, -0.15) is 0 Å². The first kappa shape index (κ1) is 30.0. The van der Waals surface area contributed by atoms with E-state index in [0.29, 0.717) is 0 Å². The van der Waals surface area contributed by atoms with Crippen molar-refractivity contribution in [3.8, 4) is 44.9 Å². The van der Waals surface area contributed by atoms with Crippen LogP contribution in [0.15, 0.2) is 60.7 Å². The van der Waals surface area contributed by atoms with E-state index in [1.807, 2.05) is 0 Å². The van der Waals surface area contributed by atoms with E-state index < -0.39 is 5.69 Å². The number of fused-ring (bicyclic) bond motifs is 3. The SMILES string of the molecule is Cc1cc(-c2ccc(C(C)(C)C)cc2)c2c(c1C)-c1c(C)c(C)cc(-c3ccc(C(C)(C)C)cc3)c1OP(=S)(S)O2. The van der Waals surface area contributed by atoms with Crippen LogP contribution in [-0.2, 0) is 22.6 Å². The van der Waals surface area contributed by atoms with Gasteiger partial charge in [-0.3, -0.25) is 0 Å². The van der Waals surface area contributed by atoms with E-state index >= 15 is 0 Å². The second-order valence-electron chi connectivity index (χ2n) is 13.4. The van der Waals surface area contributed by atoms with Gasteiger partial charge in [0.1, 0.15) is 11.5 Å². The minimum atomic E-state index is -3.00. The van der Waals surface area contributed by atoms with Crippen LogP contribution in [-0.4, -0.2) is 0 Å². The van der Waals surface area contributed by atoms with Gasteiger partial charge in [-0.05, 0) is 107 Å². The third-order valence-electron chi connectivity index (χ3n) is 8.39. The zero-order valence-corrected chi connectivity index (χ0v) is 28.5. The number of hydrogen-bond donors (Lipinski definition) is 1. The lowest BCUT2D eigenvalue weighted by Gasteiger charge is -2.22. The fraction of sp³-hybridized carbons (Fsp3) is 0.333. The van der Waals surface area contributed by atoms with Crippen LogP contribution in [0, 0.1) is 27.7 Å². The number of rotatable bonds is 2. The van der Waals surface area contributed by atoms with Gasteiger partial charge in [0.15, 0.2) is 0 Å². The van der Waals surface area contributed by atoms with Crippen LogP contribution in [0.4, 0.5) is 0 Å². The second kappa shape index (κ2) is 10.3. The Morgan fingerprint density at radius 1 is 0.585 bits per heavy atom. The molecule has 0 atom stereocenters. The minimum absolute atomic E-state index is 0.0738. The molecule has 0 N–H and O–H groups in total. The molecule has 0 aromatic heterocycles. The lowest BCUT2D eigenvalue weighted by atomic mass is 9.83. The van der Waals surface area contributed by atoms with Gasteiger partial charge in [0.2, 0.25) is 0 Å². The van der Waals surface area contributed by atoms with Gasteiger partial charge < -0.3 is 9.05 Å². The van der Waals surface area contributed by atoms with Crippen LogP contribution < -0.4 is 9.05 Å². The number of benzene rings is 4. The summed E-state index contributed by atoms with van der Waals surface area (Å²) in [5.74, 6) is 1.52. The van der Waals surface area contributed by atoms with Gasteiger partial charge in [-0.25, -0.2) is 0 Å². The smallest absolute Gasteiger partial charge is 0.345 e. The van der Waals surface area contributed by atoms with Crippen LogP contribution >= 0.6 is 17.9 Å². The fourth-order valence-corrected chi connectivity index (χ4v) is 7.37. The third-order valence-corrected chi connectivity index (χ3v) is 10.1. The summed E-state index contributed by atoms with van der Waals surface area (Å²) in [4.78, 5) is 0. The Kier molecular flexibility index (Phi) is 7.55. The molecule has 0 saturated carbocycles. The van der Waals surface area contributed by atoms with E-state index in [4.69, 9.17) is 33.1 Å². The molecule has 2 nitrogen and oxygen atoms in total. The van der Waals surface area contributed by atoms with Crippen molar-refractivity contribution < 1.29 is 9.05 Å². The van der Waals surface area contributed by atoms with Crippen molar-refractivity contribution in [2.24, 2.45) is 0 Å². The van der Waals surface area contributed by atoms with Crippen molar-refractivity contribution >= 4 is 29.7 Å². The van der Waals surface area contributed by atoms with Crippen LogP contribution in [0.5, 0.6) is 11.5 Å². The summed E-state index contributed by atoms with van der Waals surface area (Å²) < 4.78 is 13.3. The van der Waals surface area contributed by atoms with E-state index in [9.17, 15) is 0 Å². The molecule has 5 rings (SSSR count). The molecule has 1 aliphatic rings. The van der Waals surface area contributed by atoms with Gasteiger partial charge in [-0.15, -0.1) is 0 Å². The van der Waals surface area contributed by atoms with Gasteiger partial charge in [-0.1, -0.05) is 102 Å². The maximum absolute atomic E-state index is 6.66. The van der Waals surface area contributed by atoms with Gasteiger partial charge >= 0.3 is 5.69 Å². The van der Waals surface area contributed by atoms with Gasteiger partial charge in [0, 0.05) is 22.3 Å². The molecule has 0 saturated heterocycles. The van der Waals surface area contributed by atoms with E-state index in [1.165, 1.54) is 22.3 Å². The van der Waals surface area contributed by atoms with Crippen molar-refractivity contribution in [3.63, 3.8) is 0 Å².